The minimum atomic E-state index is -0.371. The van der Waals surface area contributed by atoms with Gasteiger partial charge in [0.15, 0.2) is 0 Å². The standard InChI is InChI=1S/C15H18N2O4/c1-16-15(20)12-6-3-11(4-7-12)5-8-13(18)17-10-9-14(19)21-2/h3-8H,9-10H2,1-2H3,(H,16,20)(H,17,18)/b8-5+. The van der Waals surface area contributed by atoms with E-state index >= 15 is 0 Å². The van der Waals surface area contributed by atoms with Gasteiger partial charge < -0.3 is 15.4 Å². The summed E-state index contributed by atoms with van der Waals surface area (Å²) >= 11 is 0. The molecule has 1 rings (SSSR count). The molecule has 0 saturated carbocycles. The van der Waals surface area contributed by atoms with E-state index < -0.39 is 0 Å². The maximum Gasteiger partial charge on any atom is 0.307 e. The summed E-state index contributed by atoms with van der Waals surface area (Å²) < 4.78 is 4.46. The van der Waals surface area contributed by atoms with Crippen molar-refractivity contribution in [3.8, 4) is 0 Å². The molecule has 0 heterocycles. The Morgan fingerprint density at radius 2 is 1.86 bits per heavy atom. The second-order valence-electron chi connectivity index (χ2n) is 4.15. The molecule has 21 heavy (non-hydrogen) atoms. The number of benzene rings is 1. The van der Waals surface area contributed by atoms with Gasteiger partial charge >= 0.3 is 5.97 Å². The van der Waals surface area contributed by atoms with Crippen LogP contribution >= 0.6 is 0 Å². The highest BCUT2D eigenvalue weighted by atomic mass is 16.5. The number of esters is 1. The monoisotopic (exact) mass is 290 g/mol. The molecule has 0 saturated heterocycles. The van der Waals surface area contributed by atoms with Crippen molar-refractivity contribution in [2.45, 2.75) is 6.42 Å². The van der Waals surface area contributed by atoms with Gasteiger partial charge in [0, 0.05) is 25.2 Å². The summed E-state index contributed by atoms with van der Waals surface area (Å²) in [6.45, 7) is 0.228. The second kappa shape index (κ2) is 8.52. The molecule has 0 fully saturated rings. The number of hydrogen-bond acceptors (Lipinski definition) is 4. The Bertz CT molecular complexity index is 535. The van der Waals surface area contributed by atoms with E-state index in [1.165, 1.54) is 13.2 Å². The summed E-state index contributed by atoms with van der Waals surface area (Å²) in [7, 11) is 2.86. The lowest BCUT2D eigenvalue weighted by Gasteiger charge is -2.01. The highest BCUT2D eigenvalue weighted by molar-refractivity contribution is 5.94. The minimum Gasteiger partial charge on any atom is -0.469 e. The van der Waals surface area contributed by atoms with E-state index in [9.17, 15) is 14.4 Å². The average Bonchev–Trinajstić information content (AvgIpc) is 2.52. The summed E-state index contributed by atoms with van der Waals surface area (Å²) in [5.74, 6) is -0.829. The van der Waals surface area contributed by atoms with Gasteiger partial charge in [0.2, 0.25) is 5.91 Å². The topological polar surface area (TPSA) is 84.5 Å². The van der Waals surface area contributed by atoms with Crippen LogP contribution in [0.25, 0.3) is 6.08 Å². The van der Waals surface area contributed by atoms with Crippen molar-refractivity contribution in [2.24, 2.45) is 0 Å². The highest BCUT2D eigenvalue weighted by Crippen LogP contribution is 2.06. The Labute approximate surface area is 123 Å². The molecule has 1 aromatic rings. The Morgan fingerprint density at radius 3 is 2.43 bits per heavy atom. The Kier molecular flexibility index (Phi) is 6.67. The number of rotatable bonds is 6. The first-order valence-corrected chi connectivity index (χ1v) is 6.41. The molecule has 0 spiro atoms. The molecule has 2 N–H and O–H groups in total. The van der Waals surface area contributed by atoms with Gasteiger partial charge in [-0.1, -0.05) is 12.1 Å². The first-order chi connectivity index (χ1) is 10.1. The number of ether oxygens (including phenoxy) is 1. The van der Waals surface area contributed by atoms with E-state index in [0.717, 1.165) is 5.56 Å². The van der Waals surface area contributed by atoms with Crippen LogP contribution in [0.2, 0.25) is 0 Å². The van der Waals surface area contributed by atoms with Crippen LogP contribution in [0.4, 0.5) is 0 Å². The fourth-order valence-electron chi connectivity index (χ4n) is 1.51. The Hall–Kier alpha value is -2.63. The number of carbonyl (C=O) groups is 3. The van der Waals surface area contributed by atoms with Crippen LogP contribution in [0, 0.1) is 0 Å². The summed E-state index contributed by atoms with van der Waals surface area (Å²) in [5, 5.41) is 5.10. The fraction of sp³-hybridized carbons (Fsp3) is 0.267. The van der Waals surface area contributed by atoms with Gasteiger partial charge in [0.25, 0.3) is 5.91 Å². The fourth-order valence-corrected chi connectivity index (χ4v) is 1.51. The van der Waals surface area contributed by atoms with E-state index in [4.69, 9.17) is 0 Å². The van der Waals surface area contributed by atoms with Crippen molar-refractivity contribution < 1.29 is 19.1 Å². The van der Waals surface area contributed by atoms with Crippen LogP contribution in [0.3, 0.4) is 0 Å². The molecule has 0 bridgehead atoms. The predicted molar refractivity (Wildman–Crippen MR) is 78.5 cm³/mol. The van der Waals surface area contributed by atoms with Gasteiger partial charge in [-0.15, -0.1) is 0 Å². The zero-order valence-corrected chi connectivity index (χ0v) is 12.0. The van der Waals surface area contributed by atoms with E-state index in [-0.39, 0.29) is 30.7 Å². The lowest BCUT2D eigenvalue weighted by Crippen LogP contribution is -2.24. The van der Waals surface area contributed by atoms with Gasteiger partial charge in [-0.25, -0.2) is 0 Å². The zero-order valence-electron chi connectivity index (χ0n) is 12.0. The molecule has 0 aliphatic carbocycles. The van der Waals surface area contributed by atoms with Crippen LogP contribution < -0.4 is 10.6 Å². The largest absolute Gasteiger partial charge is 0.469 e. The Morgan fingerprint density at radius 1 is 1.19 bits per heavy atom. The normalized spacial score (nSPS) is 10.2. The van der Waals surface area contributed by atoms with E-state index in [1.54, 1.807) is 37.4 Å². The molecule has 6 heteroatoms. The van der Waals surface area contributed by atoms with Gasteiger partial charge in [0.1, 0.15) is 0 Å². The number of carbonyl (C=O) groups excluding carboxylic acids is 3. The van der Waals surface area contributed by atoms with E-state index in [0.29, 0.717) is 5.56 Å². The number of hydrogen-bond donors (Lipinski definition) is 2. The summed E-state index contributed by atoms with van der Waals surface area (Å²) in [6, 6.07) is 6.83. The molecule has 0 aliphatic rings. The Balaban J connectivity index is 2.47. The lowest BCUT2D eigenvalue weighted by molar-refractivity contribution is -0.140. The molecular formula is C15H18N2O4. The van der Waals surface area contributed by atoms with Crippen LogP contribution in [-0.2, 0) is 14.3 Å². The van der Waals surface area contributed by atoms with Crippen LogP contribution in [0.1, 0.15) is 22.3 Å². The van der Waals surface area contributed by atoms with Gasteiger partial charge in [-0.3, -0.25) is 14.4 Å². The van der Waals surface area contributed by atoms with Gasteiger partial charge in [-0.05, 0) is 23.8 Å². The first kappa shape index (κ1) is 16.4. The van der Waals surface area contributed by atoms with Crippen molar-refractivity contribution in [1.29, 1.82) is 0 Å². The zero-order chi connectivity index (χ0) is 15.7. The van der Waals surface area contributed by atoms with Gasteiger partial charge in [-0.2, -0.15) is 0 Å². The molecule has 6 nitrogen and oxygen atoms in total. The summed E-state index contributed by atoms with van der Waals surface area (Å²) in [6.07, 6.45) is 3.13. The van der Waals surface area contributed by atoms with Crippen molar-refractivity contribution in [1.82, 2.24) is 10.6 Å². The van der Waals surface area contributed by atoms with Crippen molar-refractivity contribution in [3.63, 3.8) is 0 Å². The molecule has 0 unspecified atom stereocenters. The molecule has 1 aromatic carbocycles. The molecule has 2 amide bonds. The van der Waals surface area contributed by atoms with E-state index in [1.807, 2.05) is 0 Å². The number of nitrogens with one attached hydrogen (secondary N) is 2. The second-order valence-corrected chi connectivity index (χ2v) is 4.15. The lowest BCUT2D eigenvalue weighted by atomic mass is 10.1. The summed E-state index contributed by atoms with van der Waals surface area (Å²) in [5.41, 5.74) is 1.35. The van der Waals surface area contributed by atoms with Crippen molar-refractivity contribution in [3.05, 3.63) is 41.5 Å². The molecule has 0 aromatic heterocycles. The maximum absolute atomic E-state index is 11.5. The predicted octanol–water partition coefficient (Wildman–Crippen LogP) is 0.739. The van der Waals surface area contributed by atoms with Gasteiger partial charge in [0.05, 0.1) is 13.5 Å². The third kappa shape index (κ3) is 5.90. The van der Waals surface area contributed by atoms with Crippen LogP contribution in [-0.4, -0.2) is 38.5 Å². The van der Waals surface area contributed by atoms with Crippen molar-refractivity contribution >= 4 is 23.9 Å². The number of methoxy groups -OCH3 is 1. The first-order valence-electron chi connectivity index (χ1n) is 6.41. The van der Waals surface area contributed by atoms with Crippen LogP contribution in [0.15, 0.2) is 30.3 Å². The molecule has 112 valence electrons. The number of amides is 2. The highest BCUT2D eigenvalue weighted by Gasteiger charge is 2.02. The van der Waals surface area contributed by atoms with Crippen molar-refractivity contribution in [2.75, 3.05) is 20.7 Å². The third-order valence-electron chi connectivity index (χ3n) is 2.68. The smallest absolute Gasteiger partial charge is 0.307 e. The van der Waals surface area contributed by atoms with E-state index in [2.05, 4.69) is 15.4 Å². The summed E-state index contributed by atoms with van der Waals surface area (Å²) in [4.78, 5) is 33.7. The maximum atomic E-state index is 11.5. The average molecular weight is 290 g/mol. The molecule has 0 atom stereocenters. The quantitative estimate of drug-likeness (QED) is 0.598. The van der Waals surface area contributed by atoms with Crippen LogP contribution in [0.5, 0.6) is 0 Å². The molecule has 0 radical (unpaired) electrons. The molecule has 0 aliphatic heterocycles. The molecular weight excluding hydrogens is 272 g/mol. The third-order valence-corrected chi connectivity index (χ3v) is 2.68. The SMILES string of the molecule is CNC(=O)c1ccc(/C=C/C(=O)NCCC(=O)OC)cc1. The minimum absolute atomic E-state index is 0.136.